The topological polar surface area (TPSA) is 39.7 Å². The molecular formula is C13H29NO3S. The van der Waals surface area contributed by atoms with E-state index in [9.17, 15) is 0 Å². The van der Waals surface area contributed by atoms with E-state index in [-0.39, 0.29) is 0 Å². The normalized spacial score (nSPS) is 12.8. The van der Waals surface area contributed by atoms with Crippen molar-refractivity contribution in [2.24, 2.45) is 0 Å². The zero-order valence-corrected chi connectivity index (χ0v) is 12.9. The van der Waals surface area contributed by atoms with Gasteiger partial charge in [-0.3, -0.25) is 0 Å². The second-order valence-electron chi connectivity index (χ2n) is 4.06. The zero-order chi connectivity index (χ0) is 13.5. The molecule has 0 aliphatic carbocycles. The number of hydrogen-bond donors (Lipinski definition) is 1. The summed E-state index contributed by atoms with van der Waals surface area (Å²) in [5, 5.41) is 3.45. The molecule has 1 unspecified atom stereocenters. The lowest BCUT2D eigenvalue weighted by molar-refractivity contribution is 0.0253. The van der Waals surface area contributed by atoms with Crippen LogP contribution in [0, 0.1) is 0 Å². The van der Waals surface area contributed by atoms with E-state index >= 15 is 0 Å². The quantitative estimate of drug-likeness (QED) is 0.491. The summed E-state index contributed by atoms with van der Waals surface area (Å²) in [5.41, 5.74) is 0. The summed E-state index contributed by atoms with van der Waals surface area (Å²) in [6, 6.07) is 0.575. The Morgan fingerprint density at radius 1 is 1.06 bits per heavy atom. The second-order valence-corrected chi connectivity index (χ2v) is 5.45. The standard InChI is InChI=1S/C13H29NO3S/c1-4-18-12-5-13(2)14-6-7-16-10-11-17-9-8-15-3/h13-14H,4-12H2,1-3H3. The van der Waals surface area contributed by atoms with Gasteiger partial charge in [0.1, 0.15) is 0 Å². The third-order valence-electron chi connectivity index (χ3n) is 2.44. The van der Waals surface area contributed by atoms with Crippen LogP contribution in [0.3, 0.4) is 0 Å². The van der Waals surface area contributed by atoms with Crippen LogP contribution in [-0.4, -0.2) is 64.2 Å². The molecule has 0 aromatic rings. The average molecular weight is 279 g/mol. The van der Waals surface area contributed by atoms with Crippen molar-refractivity contribution in [2.45, 2.75) is 26.3 Å². The Labute approximate surface area is 116 Å². The molecule has 0 saturated carbocycles. The van der Waals surface area contributed by atoms with Gasteiger partial charge >= 0.3 is 0 Å². The van der Waals surface area contributed by atoms with Crippen molar-refractivity contribution in [2.75, 3.05) is 58.2 Å². The molecule has 0 aromatic carbocycles. The van der Waals surface area contributed by atoms with E-state index < -0.39 is 0 Å². The van der Waals surface area contributed by atoms with Gasteiger partial charge in [0.25, 0.3) is 0 Å². The smallest absolute Gasteiger partial charge is 0.0701 e. The van der Waals surface area contributed by atoms with E-state index in [0.29, 0.717) is 32.5 Å². The molecule has 0 heterocycles. The number of nitrogens with one attached hydrogen (secondary N) is 1. The molecule has 110 valence electrons. The highest BCUT2D eigenvalue weighted by molar-refractivity contribution is 7.99. The molecule has 0 spiro atoms. The van der Waals surface area contributed by atoms with Crippen LogP contribution in [0.5, 0.6) is 0 Å². The Hall–Kier alpha value is 0.190. The Morgan fingerprint density at radius 3 is 2.39 bits per heavy atom. The van der Waals surface area contributed by atoms with Crippen molar-refractivity contribution < 1.29 is 14.2 Å². The average Bonchev–Trinajstić information content (AvgIpc) is 2.37. The highest BCUT2D eigenvalue weighted by Crippen LogP contribution is 2.03. The van der Waals surface area contributed by atoms with Crippen LogP contribution >= 0.6 is 11.8 Å². The van der Waals surface area contributed by atoms with Gasteiger partial charge in [-0.05, 0) is 24.9 Å². The van der Waals surface area contributed by atoms with E-state index in [1.165, 1.54) is 17.9 Å². The first-order valence-corrected chi connectivity index (χ1v) is 7.92. The Kier molecular flexibility index (Phi) is 15.4. The summed E-state index contributed by atoms with van der Waals surface area (Å²) in [6.07, 6.45) is 1.22. The van der Waals surface area contributed by atoms with Crippen LogP contribution in [-0.2, 0) is 14.2 Å². The summed E-state index contributed by atoms with van der Waals surface area (Å²) < 4.78 is 15.6. The van der Waals surface area contributed by atoms with Gasteiger partial charge in [0, 0.05) is 19.7 Å². The predicted octanol–water partition coefficient (Wildman–Crippen LogP) is 1.79. The van der Waals surface area contributed by atoms with Gasteiger partial charge in [0.2, 0.25) is 0 Å². The minimum atomic E-state index is 0.575. The molecule has 0 saturated heterocycles. The first-order valence-electron chi connectivity index (χ1n) is 6.76. The highest BCUT2D eigenvalue weighted by Gasteiger charge is 2.00. The largest absolute Gasteiger partial charge is 0.382 e. The minimum absolute atomic E-state index is 0.575. The minimum Gasteiger partial charge on any atom is -0.382 e. The monoisotopic (exact) mass is 279 g/mol. The molecule has 5 heteroatoms. The maximum absolute atomic E-state index is 5.46. The Balaban J connectivity index is 3.05. The summed E-state index contributed by atoms with van der Waals surface area (Å²) in [4.78, 5) is 0. The van der Waals surface area contributed by atoms with Crippen LogP contribution in [0.2, 0.25) is 0 Å². The maximum Gasteiger partial charge on any atom is 0.0701 e. The van der Waals surface area contributed by atoms with Crippen molar-refractivity contribution in [1.29, 1.82) is 0 Å². The molecule has 0 aliphatic heterocycles. The van der Waals surface area contributed by atoms with Crippen molar-refractivity contribution >= 4 is 11.8 Å². The first-order chi connectivity index (χ1) is 8.81. The van der Waals surface area contributed by atoms with Crippen LogP contribution in [0.15, 0.2) is 0 Å². The fourth-order valence-electron chi connectivity index (χ4n) is 1.35. The fraction of sp³-hybridized carbons (Fsp3) is 1.00. The molecule has 18 heavy (non-hydrogen) atoms. The maximum atomic E-state index is 5.46. The number of methoxy groups -OCH3 is 1. The lowest BCUT2D eigenvalue weighted by Crippen LogP contribution is -2.30. The molecule has 1 N–H and O–H groups in total. The van der Waals surface area contributed by atoms with Gasteiger partial charge in [0.05, 0.1) is 33.0 Å². The van der Waals surface area contributed by atoms with Gasteiger partial charge in [-0.1, -0.05) is 6.92 Å². The van der Waals surface area contributed by atoms with Gasteiger partial charge in [-0.2, -0.15) is 11.8 Å². The van der Waals surface area contributed by atoms with E-state index in [1.807, 2.05) is 11.8 Å². The highest BCUT2D eigenvalue weighted by atomic mass is 32.2. The van der Waals surface area contributed by atoms with E-state index in [0.717, 1.165) is 13.2 Å². The zero-order valence-electron chi connectivity index (χ0n) is 12.1. The molecule has 0 aliphatic rings. The molecule has 0 aromatic heterocycles. The molecule has 0 radical (unpaired) electrons. The van der Waals surface area contributed by atoms with Crippen LogP contribution in [0.25, 0.3) is 0 Å². The lowest BCUT2D eigenvalue weighted by atomic mass is 10.2. The molecule has 0 rings (SSSR count). The van der Waals surface area contributed by atoms with Crippen molar-refractivity contribution in [1.82, 2.24) is 5.32 Å². The SMILES string of the molecule is CCSCCC(C)NCCOCCOCCOC. The molecule has 0 fully saturated rings. The second kappa shape index (κ2) is 15.2. The van der Waals surface area contributed by atoms with Gasteiger partial charge in [-0.25, -0.2) is 0 Å². The summed E-state index contributed by atoms with van der Waals surface area (Å²) in [6.45, 7) is 8.68. The number of ether oxygens (including phenoxy) is 3. The van der Waals surface area contributed by atoms with Crippen LogP contribution in [0.4, 0.5) is 0 Å². The molecule has 0 amide bonds. The molecular weight excluding hydrogens is 250 g/mol. The van der Waals surface area contributed by atoms with Crippen molar-refractivity contribution in [3.8, 4) is 0 Å². The first kappa shape index (κ1) is 18.2. The van der Waals surface area contributed by atoms with E-state index in [1.54, 1.807) is 7.11 Å². The number of rotatable bonds is 14. The number of thioether (sulfide) groups is 1. The molecule has 4 nitrogen and oxygen atoms in total. The van der Waals surface area contributed by atoms with Gasteiger partial charge in [-0.15, -0.1) is 0 Å². The van der Waals surface area contributed by atoms with Crippen LogP contribution < -0.4 is 5.32 Å². The summed E-state index contributed by atoms with van der Waals surface area (Å²) in [7, 11) is 1.67. The van der Waals surface area contributed by atoms with Crippen molar-refractivity contribution in [3.63, 3.8) is 0 Å². The molecule has 1 atom stereocenters. The fourth-order valence-corrected chi connectivity index (χ4v) is 2.16. The number of hydrogen-bond acceptors (Lipinski definition) is 5. The Morgan fingerprint density at radius 2 is 1.72 bits per heavy atom. The van der Waals surface area contributed by atoms with E-state index in [2.05, 4.69) is 19.2 Å². The summed E-state index contributed by atoms with van der Waals surface area (Å²) >= 11 is 2.00. The summed E-state index contributed by atoms with van der Waals surface area (Å²) in [5.74, 6) is 2.44. The van der Waals surface area contributed by atoms with Crippen molar-refractivity contribution in [3.05, 3.63) is 0 Å². The third-order valence-corrected chi connectivity index (χ3v) is 3.37. The van der Waals surface area contributed by atoms with Crippen LogP contribution in [0.1, 0.15) is 20.3 Å². The Bertz CT molecular complexity index is 161. The predicted molar refractivity (Wildman–Crippen MR) is 78.6 cm³/mol. The lowest BCUT2D eigenvalue weighted by Gasteiger charge is -2.13. The van der Waals surface area contributed by atoms with E-state index in [4.69, 9.17) is 14.2 Å². The van der Waals surface area contributed by atoms with Gasteiger partial charge in [0.15, 0.2) is 0 Å². The third kappa shape index (κ3) is 14.3. The molecule has 0 bridgehead atoms. The van der Waals surface area contributed by atoms with Gasteiger partial charge < -0.3 is 19.5 Å².